The van der Waals surface area contributed by atoms with Crippen molar-refractivity contribution < 1.29 is 9.53 Å². The molecule has 0 saturated heterocycles. The van der Waals surface area contributed by atoms with Crippen LogP contribution in [0.15, 0.2) is 29.3 Å². The summed E-state index contributed by atoms with van der Waals surface area (Å²) in [7, 11) is 5.41. The second-order valence-corrected chi connectivity index (χ2v) is 6.18. The van der Waals surface area contributed by atoms with E-state index in [0.717, 1.165) is 23.8 Å². The Morgan fingerprint density at radius 2 is 2.12 bits per heavy atom. The SMILES string of the molecule is CCNC(=NCc1cccc(NC(=O)CN(C)C)c1)NC(C)COC. The Bertz CT molecular complexity index is 560. The van der Waals surface area contributed by atoms with Gasteiger partial charge >= 0.3 is 0 Å². The number of likely N-dealkylation sites (N-methyl/N-ethyl adjacent to an activating group) is 1. The van der Waals surface area contributed by atoms with E-state index in [1.807, 2.05) is 57.1 Å². The van der Waals surface area contributed by atoms with Gasteiger partial charge in [-0.2, -0.15) is 0 Å². The minimum absolute atomic E-state index is 0.0333. The van der Waals surface area contributed by atoms with Gasteiger partial charge in [0.05, 0.1) is 19.7 Å². The number of anilines is 1. The molecule has 0 bridgehead atoms. The molecule has 0 spiro atoms. The molecule has 0 fully saturated rings. The van der Waals surface area contributed by atoms with E-state index >= 15 is 0 Å². The van der Waals surface area contributed by atoms with Crippen molar-refractivity contribution in [3.63, 3.8) is 0 Å². The number of rotatable bonds is 9. The lowest BCUT2D eigenvalue weighted by Gasteiger charge is -2.17. The Kier molecular flexibility index (Phi) is 9.57. The molecule has 1 atom stereocenters. The molecule has 1 unspecified atom stereocenters. The van der Waals surface area contributed by atoms with E-state index in [0.29, 0.717) is 19.7 Å². The molecule has 1 aromatic carbocycles. The van der Waals surface area contributed by atoms with Crippen LogP contribution in [0.5, 0.6) is 0 Å². The number of amides is 1. The molecule has 140 valence electrons. The summed E-state index contributed by atoms with van der Waals surface area (Å²) in [4.78, 5) is 18.3. The van der Waals surface area contributed by atoms with Crippen LogP contribution in [0.1, 0.15) is 19.4 Å². The minimum atomic E-state index is -0.0333. The molecular formula is C18H31N5O2. The average molecular weight is 349 g/mol. The van der Waals surface area contributed by atoms with Gasteiger partial charge in [0.1, 0.15) is 0 Å². The zero-order chi connectivity index (χ0) is 18.7. The molecule has 3 N–H and O–H groups in total. The number of aliphatic imine (C=N–C) groups is 1. The fourth-order valence-electron chi connectivity index (χ4n) is 2.25. The number of ether oxygens (including phenoxy) is 1. The standard InChI is InChI=1S/C18H31N5O2/c1-6-19-18(21-14(2)13-25-5)20-11-15-8-7-9-16(10-15)22-17(24)12-23(3)4/h7-10,14H,6,11-13H2,1-5H3,(H,22,24)(H2,19,20,21). The van der Waals surface area contributed by atoms with E-state index in [4.69, 9.17) is 4.74 Å². The molecule has 0 radical (unpaired) electrons. The third kappa shape index (κ3) is 9.07. The summed E-state index contributed by atoms with van der Waals surface area (Å²) in [5, 5.41) is 9.41. The van der Waals surface area contributed by atoms with E-state index < -0.39 is 0 Å². The van der Waals surface area contributed by atoms with Crippen molar-refractivity contribution in [2.75, 3.05) is 46.2 Å². The van der Waals surface area contributed by atoms with Gasteiger partial charge < -0.3 is 25.6 Å². The highest BCUT2D eigenvalue weighted by Gasteiger charge is 2.06. The van der Waals surface area contributed by atoms with Crippen LogP contribution in [0.25, 0.3) is 0 Å². The molecule has 1 amide bonds. The van der Waals surface area contributed by atoms with Gasteiger partial charge in [-0.1, -0.05) is 12.1 Å². The van der Waals surface area contributed by atoms with Crippen molar-refractivity contribution in [1.29, 1.82) is 0 Å². The maximum absolute atomic E-state index is 11.9. The number of hydrogen-bond acceptors (Lipinski definition) is 4. The third-order valence-electron chi connectivity index (χ3n) is 3.23. The molecular weight excluding hydrogens is 318 g/mol. The van der Waals surface area contributed by atoms with Crippen LogP contribution in [-0.4, -0.2) is 63.7 Å². The highest BCUT2D eigenvalue weighted by molar-refractivity contribution is 5.92. The van der Waals surface area contributed by atoms with Crippen LogP contribution < -0.4 is 16.0 Å². The first-order chi connectivity index (χ1) is 11.9. The summed E-state index contributed by atoms with van der Waals surface area (Å²) >= 11 is 0. The molecule has 0 aliphatic carbocycles. The first-order valence-corrected chi connectivity index (χ1v) is 8.51. The molecule has 0 aromatic heterocycles. The van der Waals surface area contributed by atoms with Gasteiger partial charge in [0, 0.05) is 25.4 Å². The maximum Gasteiger partial charge on any atom is 0.238 e. The summed E-state index contributed by atoms with van der Waals surface area (Å²) in [6.45, 7) is 6.33. The Labute approximate surface area is 150 Å². The van der Waals surface area contributed by atoms with E-state index in [2.05, 4.69) is 20.9 Å². The van der Waals surface area contributed by atoms with E-state index in [9.17, 15) is 4.79 Å². The molecule has 1 aromatic rings. The predicted octanol–water partition coefficient (Wildman–Crippen LogP) is 1.28. The van der Waals surface area contributed by atoms with Crippen LogP contribution in [0.3, 0.4) is 0 Å². The number of hydrogen-bond donors (Lipinski definition) is 3. The van der Waals surface area contributed by atoms with Gasteiger partial charge in [-0.05, 0) is 45.6 Å². The summed E-state index contributed by atoms with van der Waals surface area (Å²) in [5.41, 5.74) is 1.81. The molecule has 0 aliphatic heterocycles. The topological polar surface area (TPSA) is 78.0 Å². The first-order valence-electron chi connectivity index (χ1n) is 8.51. The van der Waals surface area contributed by atoms with Crippen molar-refractivity contribution in [3.8, 4) is 0 Å². The van der Waals surface area contributed by atoms with Crippen molar-refractivity contribution in [1.82, 2.24) is 15.5 Å². The molecule has 0 saturated carbocycles. The lowest BCUT2D eigenvalue weighted by molar-refractivity contribution is -0.116. The summed E-state index contributed by atoms with van der Waals surface area (Å²) in [6, 6.07) is 7.90. The monoisotopic (exact) mass is 349 g/mol. The highest BCUT2D eigenvalue weighted by Crippen LogP contribution is 2.11. The normalized spacial score (nSPS) is 12.8. The second-order valence-electron chi connectivity index (χ2n) is 6.18. The van der Waals surface area contributed by atoms with Gasteiger partial charge in [0.25, 0.3) is 0 Å². The molecule has 1 rings (SSSR count). The van der Waals surface area contributed by atoms with Gasteiger partial charge in [0.2, 0.25) is 5.91 Å². The fraction of sp³-hybridized carbons (Fsp3) is 0.556. The zero-order valence-corrected chi connectivity index (χ0v) is 15.9. The minimum Gasteiger partial charge on any atom is -0.383 e. The number of carbonyl (C=O) groups is 1. The summed E-state index contributed by atoms with van der Waals surface area (Å²) in [6.07, 6.45) is 0. The first kappa shape index (κ1) is 20.9. The van der Waals surface area contributed by atoms with Crippen molar-refractivity contribution in [3.05, 3.63) is 29.8 Å². The zero-order valence-electron chi connectivity index (χ0n) is 15.9. The molecule has 0 aliphatic rings. The lowest BCUT2D eigenvalue weighted by atomic mass is 10.2. The molecule has 7 nitrogen and oxygen atoms in total. The third-order valence-corrected chi connectivity index (χ3v) is 3.23. The lowest BCUT2D eigenvalue weighted by Crippen LogP contribution is -2.43. The Hall–Kier alpha value is -2.12. The quantitative estimate of drug-likeness (QED) is 0.462. The van der Waals surface area contributed by atoms with Gasteiger partial charge in [-0.15, -0.1) is 0 Å². The number of nitrogens with zero attached hydrogens (tertiary/aromatic N) is 2. The predicted molar refractivity (Wildman–Crippen MR) is 103 cm³/mol. The van der Waals surface area contributed by atoms with Crippen molar-refractivity contribution >= 4 is 17.6 Å². The van der Waals surface area contributed by atoms with Gasteiger partial charge in [-0.3, -0.25) is 4.79 Å². The van der Waals surface area contributed by atoms with E-state index in [-0.39, 0.29) is 11.9 Å². The second kappa shape index (κ2) is 11.4. The Morgan fingerprint density at radius 1 is 1.36 bits per heavy atom. The van der Waals surface area contributed by atoms with Crippen molar-refractivity contribution in [2.45, 2.75) is 26.4 Å². The van der Waals surface area contributed by atoms with E-state index in [1.165, 1.54) is 0 Å². The van der Waals surface area contributed by atoms with Gasteiger partial charge in [-0.25, -0.2) is 4.99 Å². The smallest absolute Gasteiger partial charge is 0.238 e. The summed E-state index contributed by atoms with van der Waals surface area (Å²) < 4.78 is 5.14. The molecule has 0 heterocycles. The number of nitrogens with one attached hydrogen (secondary N) is 3. The highest BCUT2D eigenvalue weighted by atomic mass is 16.5. The Balaban J connectivity index is 2.70. The van der Waals surface area contributed by atoms with Crippen LogP contribution in [0, 0.1) is 0 Å². The van der Waals surface area contributed by atoms with E-state index in [1.54, 1.807) is 7.11 Å². The number of carbonyl (C=O) groups excluding carboxylic acids is 1. The fourth-order valence-corrected chi connectivity index (χ4v) is 2.25. The van der Waals surface area contributed by atoms with Crippen LogP contribution in [-0.2, 0) is 16.1 Å². The summed E-state index contributed by atoms with van der Waals surface area (Å²) in [5.74, 6) is 0.711. The maximum atomic E-state index is 11.9. The van der Waals surface area contributed by atoms with Crippen LogP contribution >= 0.6 is 0 Å². The number of methoxy groups -OCH3 is 1. The number of guanidine groups is 1. The molecule has 7 heteroatoms. The number of benzene rings is 1. The van der Waals surface area contributed by atoms with Crippen molar-refractivity contribution in [2.24, 2.45) is 4.99 Å². The van der Waals surface area contributed by atoms with Crippen LogP contribution in [0.2, 0.25) is 0 Å². The Morgan fingerprint density at radius 3 is 2.76 bits per heavy atom. The molecule has 25 heavy (non-hydrogen) atoms. The van der Waals surface area contributed by atoms with Gasteiger partial charge in [0.15, 0.2) is 5.96 Å². The largest absolute Gasteiger partial charge is 0.383 e. The van der Waals surface area contributed by atoms with Crippen LogP contribution in [0.4, 0.5) is 5.69 Å². The average Bonchev–Trinajstić information content (AvgIpc) is 2.52.